The lowest BCUT2D eigenvalue weighted by Crippen LogP contribution is -2.38. The van der Waals surface area contributed by atoms with Gasteiger partial charge in [-0.25, -0.2) is 0 Å². The number of fused-ring (bicyclic) bond motifs is 1. The average molecular weight is 284 g/mol. The third-order valence-corrected chi connectivity index (χ3v) is 5.00. The summed E-state index contributed by atoms with van der Waals surface area (Å²) in [6, 6.07) is 10.2. The first kappa shape index (κ1) is 14.5. The van der Waals surface area contributed by atoms with E-state index in [1.807, 2.05) is 25.1 Å². The van der Waals surface area contributed by atoms with Crippen LogP contribution < -0.4 is 5.73 Å². The first-order chi connectivity index (χ1) is 10.1. The SMILES string of the molecule is Cc1ccc2cc(C(O)C3(CN)CCCCC3)ccc2n1. The highest BCUT2D eigenvalue weighted by Crippen LogP contribution is 2.45. The summed E-state index contributed by atoms with van der Waals surface area (Å²) in [5, 5.41) is 12.0. The van der Waals surface area contributed by atoms with Gasteiger partial charge in [0, 0.05) is 23.0 Å². The number of benzene rings is 1. The van der Waals surface area contributed by atoms with Gasteiger partial charge in [-0.05, 0) is 43.5 Å². The van der Waals surface area contributed by atoms with Crippen LogP contribution in [0.25, 0.3) is 10.9 Å². The molecule has 1 aromatic carbocycles. The number of nitrogens with zero attached hydrogens (tertiary/aromatic N) is 1. The Balaban J connectivity index is 1.96. The van der Waals surface area contributed by atoms with Crippen LogP contribution in [-0.2, 0) is 0 Å². The van der Waals surface area contributed by atoms with Crippen molar-refractivity contribution < 1.29 is 5.11 Å². The van der Waals surface area contributed by atoms with E-state index in [0.29, 0.717) is 6.54 Å². The fraction of sp³-hybridized carbons (Fsp3) is 0.500. The Morgan fingerprint density at radius 3 is 2.67 bits per heavy atom. The summed E-state index contributed by atoms with van der Waals surface area (Å²) in [7, 11) is 0. The Bertz CT molecular complexity index is 632. The fourth-order valence-corrected chi connectivity index (χ4v) is 3.61. The molecule has 112 valence electrons. The van der Waals surface area contributed by atoms with Gasteiger partial charge in [0.15, 0.2) is 0 Å². The molecule has 0 aliphatic heterocycles. The van der Waals surface area contributed by atoms with Crippen LogP contribution in [0.3, 0.4) is 0 Å². The summed E-state index contributed by atoms with van der Waals surface area (Å²) in [5.74, 6) is 0. The highest BCUT2D eigenvalue weighted by molar-refractivity contribution is 5.79. The molecule has 3 rings (SSSR count). The van der Waals surface area contributed by atoms with Crippen LogP contribution in [0.1, 0.15) is 49.5 Å². The Morgan fingerprint density at radius 2 is 1.95 bits per heavy atom. The molecule has 0 bridgehead atoms. The number of nitrogens with two attached hydrogens (primary N) is 1. The van der Waals surface area contributed by atoms with E-state index < -0.39 is 6.10 Å². The van der Waals surface area contributed by atoms with Gasteiger partial charge in [-0.2, -0.15) is 0 Å². The van der Waals surface area contributed by atoms with Gasteiger partial charge in [0.05, 0.1) is 11.6 Å². The van der Waals surface area contributed by atoms with Gasteiger partial charge in [-0.1, -0.05) is 31.4 Å². The van der Waals surface area contributed by atoms with Gasteiger partial charge in [-0.3, -0.25) is 4.98 Å². The molecule has 3 nitrogen and oxygen atoms in total. The Morgan fingerprint density at radius 1 is 1.19 bits per heavy atom. The largest absolute Gasteiger partial charge is 0.388 e. The van der Waals surface area contributed by atoms with Crippen molar-refractivity contribution in [2.45, 2.75) is 45.1 Å². The van der Waals surface area contributed by atoms with Crippen LogP contribution in [0.5, 0.6) is 0 Å². The molecule has 3 N–H and O–H groups in total. The second-order valence-electron chi connectivity index (χ2n) is 6.43. The lowest BCUT2D eigenvalue weighted by molar-refractivity contribution is 0.000780. The predicted molar refractivity (Wildman–Crippen MR) is 86.0 cm³/mol. The molecule has 0 radical (unpaired) electrons. The molecule has 1 aliphatic carbocycles. The van der Waals surface area contributed by atoms with Crippen LogP contribution >= 0.6 is 0 Å². The first-order valence-electron chi connectivity index (χ1n) is 7.90. The number of aliphatic hydroxyl groups is 1. The Kier molecular flexibility index (Phi) is 3.96. The summed E-state index contributed by atoms with van der Waals surface area (Å²) >= 11 is 0. The third-order valence-electron chi connectivity index (χ3n) is 5.00. The van der Waals surface area contributed by atoms with Crippen molar-refractivity contribution in [3.63, 3.8) is 0 Å². The van der Waals surface area contributed by atoms with E-state index in [1.54, 1.807) is 0 Å². The minimum absolute atomic E-state index is 0.149. The van der Waals surface area contributed by atoms with Crippen molar-refractivity contribution in [2.75, 3.05) is 6.54 Å². The van der Waals surface area contributed by atoms with Gasteiger partial charge in [0.25, 0.3) is 0 Å². The van der Waals surface area contributed by atoms with Crippen LogP contribution in [-0.4, -0.2) is 16.6 Å². The number of aliphatic hydroxyl groups excluding tert-OH is 1. The molecule has 1 heterocycles. The van der Waals surface area contributed by atoms with Crippen LogP contribution in [0.15, 0.2) is 30.3 Å². The topological polar surface area (TPSA) is 59.1 Å². The molecule has 0 amide bonds. The lowest BCUT2D eigenvalue weighted by atomic mass is 9.68. The molecule has 1 unspecified atom stereocenters. The van der Waals surface area contributed by atoms with E-state index >= 15 is 0 Å². The lowest BCUT2D eigenvalue weighted by Gasteiger charge is -2.40. The van der Waals surface area contributed by atoms with E-state index in [4.69, 9.17) is 5.73 Å². The molecule has 3 heteroatoms. The Hall–Kier alpha value is -1.45. The zero-order valence-corrected chi connectivity index (χ0v) is 12.7. The molecule has 1 aromatic heterocycles. The highest BCUT2D eigenvalue weighted by Gasteiger charge is 2.38. The first-order valence-corrected chi connectivity index (χ1v) is 7.90. The number of aryl methyl sites for hydroxylation is 1. The number of aromatic nitrogens is 1. The molecule has 1 saturated carbocycles. The van der Waals surface area contributed by atoms with E-state index in [-0.39, 0.29) is 5.41 Å². The Labute approximate surface area is 126 Å². The van der Waals surface area contributed by atoms with Gasteiger partial charge >= 0.3 is 0 Å². The van der Waals surface area contributed by atoms with Crippen molar-refractivity contribution in [3.05, 3.63) is 41.6 Å². The van der Waals surface area contributed by atoms with Gasteiger partial charge < -0.3 is 10.8 Å². The number of hydrogen-bond donors (Lipinski definition) is 2. The maximum Gasteiger partial charge on any atom is 0.0858 e. The zero-order chi connectivity index (χ0) is 14.9. The quantitative estimate of drug-likeness (QED) is 0.907. The minimum Gasteiger partial charge on any atom is -0.388 e. The summed E-state index contributed by atoms with van der Waals surface area (Å²) in [5.41, 5.74) is 8.86. The van der Waals surface area contributed by atoms with Gasteiger partial charge in [0.2, 0.25) is 0 Å². The van der Waals surface area contributed by atoms with Crippen molar-refractivity contribution >= 4 is 10.9 Å². The third kappa shape index (κ3) is 2.68. The van der Waals surface area contributed by atoms with Crippen molar-refractivity contribution in [1.82, 2.24) is 4.98 Å². The molecule has 21 heavy (non-hydrogen) atoms. The van der Waals surface area contributed by atoms with Crippen molar-refractivity contribution in [3.8, 4) is 0 Å². The molecule has 2 aromatic rings. The minimum atomic E-state index is -0.478. The van der Waals surface area contributed by atoms with Crippen LogP contribution in [0.2, 0.25) is 0 Å². The number of pyridine rings is 1. The number of hydrogen-bond acceptors (Lipinski definition) is 3. The molecule has 1 aliphatic rings. The van der Waals surface area contributed by atoms with Crippen molar-refractivity contribution in [1.29, 1.82) is 0 Å². The normalized spacial score (nSPS) is 19.6. The summed E-state index contributed by atoms with van der Waals surface area (Å²) in [6.45, 7) is 2.55. The zero-order valence-electron chi connectivity index (χ0n) is 12.7. The smallest absolute Gasteiger partial charge is 0.0858 e. The predicted octanol–water partition coefficient (Wildman–Crippen LogP) is 3.49. The van der Waals surface area contributed by atoms with Gasteiger partial charge in [0.1, 0.15) is 0 Å². The van der Waals surface area contributed by atoms with E-state index in [9.17, 15) is 5.11 Å². The molecule has 0 spiro atoms. The fourth-order valence-electron chi connectivity index (χ4n) is 3.61. The molecular weight excluding hydrogens is 260 g/mol. The molecule has 1 fully saturated rings. The standard InChI is InChI=1S/C18H24N2O/c1-13-5-6-14-11-15(7-8-16(14)20-13)17(21)18(12-19)9-3-2-4-10-18/h5-8,11,17,21H,2-4,9-10,12,19H2,1H3. The van der Waals surface area contributed by atoms with Gasteiger partial charge in [-0.15, -0.1) is 0 Å². The second kappa shape index (κ2) is 5.74. The maximum atomic E-state index is 10.9. The van der Waals surface area contributed by atoms with Crippen LogP contribution in [0.4, 0.5) is 0 Å². The van der Waals surface area contributed by atoms with E-state index in [1.165, 1.54) is 19.3 Å². The second-order valence-corrected chi connectivity index (χ2v) is 6.43. The van der Waals surface area contributed by atoms with Crippen LogP contribution in [0, 0.1) is 12.3 Å². The summed E-state index contributed by atoms with van der Waals surface area (Å²) in [6.07, 6.45) is 5.16. The number of rotatable bonds is 3. The maximum absolute atomic E-state index is 10.9. The molecular formula is C18H24N2O. The molecule has 0 saturated heterocycles. The van der Waals surface area contributed by atoms with Crippen molar-refractivity contribution in [2.24, 2.45) is 11.1 Å². The molecule has 1 atom stereocenters. The highest BCUT2D eigenvalue weighted by atomic mass is 16.3. The van der Waals surface area contributed by atoms with E-state index in [0.717, 1.165) is 35.0 Å². The van der Waals surface area contributed by atoms with E-state index in [2.05, 4.69) is 17.1 Å². The summed E-state index contributed by atoms with van der Waals surface area (Å²) in [4.78, 5) is 4.52. The average Bonchev–Trinajstić information content (AvgIpc) is 2.54. The summed E-state index contributed by atoms with van der Waals surface area (Å²) < 4.78 is 0. The monoisotopic (exact) mass is 284 g/mol.